The Morgan fingerprint density at radius 2 is 1.97 bits per heavy atom. The first-order valence-corrected chi connectivity index (χ1v) is 12.0. The van der Waals surface area contributed by atoms with Crippen LogP contribution in [0.4, 0.5) is 24.0 Å². The molecule has 1 saturated heterocycles. The number of fused-ring (bicyclic) bond motifs is 1. The maximum Gasteiger partial charge on any atom is 0.417 e. The molecule has 0 radical (unpaired) electrons. The predicted octanol–water partition coefficient (Wildman–Crippen LogP) is 3.83. The van der Waals surface area contributed by atoms with Gasteiger partial charge in [0.1, 0.15) is 10.8 Å². The van der Waals surface area contributed by atoms with Crippen molar-refractivity contribution >= 4 is 34.0 Å². The van der Waals surface area contributed by atoms with E-state index in [-0.39, 0.29) is 12.5 Å². The van der Waals surface area contributed by atoms with Gasteiger partial charge in [0.25, 0.3) is 0 Å². The first-order chi connectivity index (χ1) is 16.2. The van der Waals surface area contributed by atoms with Crippen LogP contribution in [-0.4, -0.2) is 61.6 Å². The highest BCUT2D eigenvalue weighted by Gasteiger charge is 2.32. The molecule has 0 bridgehead atoms. The largest absolute Gasteiger partial charge is 0.465 e. The lowest BCUT2D eigenvalue weighted by atomic mass is 9.88. The minimum absolute atomic E-state index is 0.161. The topological polar surface area (TPSA) is 74.8 Å². The van der Waals surface area contributed by atoms with Gasteiger partial charge < -0.3 is 15.0 Å². The molecule has 0 spiro atoms. The van der Waals surface area contributed by atoms with Gasteiger partial charge in [0.05, 0.1) is 24.8 Å². The summed E-state index contributed by atoms with van der Waals surface area (Å²) in [6.07, 6.45) is -0.882. The highest BCUT2D eigenvalue weighted by Crippen LogP contribution is 2.40. The molecule has 1 amide bonds. The van der Waals surface area contributed by atoms with Crippen LogP contribution in [0.1, 0.15) is 39.7 Å². The summed E-state index contributed by atoms with van der Waals surface area (Å²) >= 11 is 1.45. The molecule has 0 saturated carbocycles. The summed E-state index contributed by atoms with van der Waals surface area (Å²) < 4.78 is 43.2. The Labute approximate surface area is 199 Å². The van der Waals surface area contributed by atoms with Crippen molar-refractivity contribution in [2.45, 2.75) is 32.4 Å². The summed E-state index contributed by atoms with van der Waals surface area (Å²) in [5, 5.41) is 3.46. The van der Waals surface area contributed by atoms with Gasteiger partial charge in [0.15, 0.2) is 0 Å². The van der Waals surface area contributed by atoms with Crippen molar-refractivity contribution in [1.29, 1.82) is 0 Å². The van der Waals surface area contributed by atoms with E-state index in [1.807, 2.05) is 9.80 Å². The average molecular weight is 497 g/mol. The number of aromatic nitrogens is 1. The summed E-state index contributed by atoms with van der Waals surface area (Å²) in [5.74, 6) is 0.381. The van der Waals surface area contributed by atoms with Crippen LogP contribution >= 0.6 is 11.3 Å². The molecule has 1 aliphatic carbocycles. The molecule has 1 atom stereocenters. The fourth-order valence-electron chi connectivity index (χ4n) is 4.40. The standard InChI is InChI=1S/C23H27F3N4O3S/c1-14-3-5-16-17(11-14)34-21(20(16)22(32)33-2)28-19(31)13-29-7-9-30(10-8-29)18-6-4-15(12-27-18)23(24,25)26/h4,6,12,14H,3,5,7-11,13H2,1-2H3,(H,28,31). The van der Waals surface area contributed by atoms with E-state index in [4.69, 9.17) is 4.74 Å². The number of carbonyl (C=O) groups is 2. The van der Waals surface area contributed by atoms with Crippen molar-refractivity contribution in [2.24, 2.45) is 5.92 Å². The molecule has 7 nitrogen and oxygen atoms in total. The summed E-state index contributed by atoms with van der Waals surface area (Å²) in [7, 11) is 1.34. The van der Waals surface area contributed by atoms with Crippen molar-refractivity contribution < 1.29 is 27.5 Å². The number of ether oxygens (including phenoxy) is 1. The molecule has 34 heavy (non-hydrogen) atoms. The van der Waals surface area contributed by atoms with Crippen LogP contribution in [0.25, 0.3) is 0 Å². The van der Waals surface area contributed by atoms with E-state index in [0.29, 0.717) is 48.5 Å². The van der Waals surface area contributed by atoms with Crippen LogP contribution in [0, 0.1) is 5.92 Å². The maximum atomic E-state index is 12.8. The van der Waals surface area contributed by atoms with Gasteiger partial charge in [-0.2, -0.15) is 13.2 Å². The number of piperazine rings is 1. The number of nitrogens with zero attached hydrogens (tertiary/aromatic N) is 3. The molecule has 2 aliphatic rings. The van der Waals surface area contributed by atoms with E-state index in [0.717, 1.165) is 42.0 Å². The van der Waals surface area contributed by atoms with Crippen LogP contribution in [0.2, 0.25) is 0 Å². The smallest absolute Gasteiger partial charge is 0.417 e. The van der Waals surface area contributed by atoms with E-state index in [9.17, 15) is 22.8 Å². The number of halogens is 3. The van der Waals surface area contributed by atoms with Crippen molar-refractivity contribution in [3.8, 4) is 0 Å². The quantitative estimate of drug-likeness (QED) is 0.635. The number of alkyl halides is 3. The summed E-state index contributed by atoms with van der Waals surface area (Å²) in [5.41, 5.74) is 0.687. The number of amides is 1. The maximum absolute atomic E-state index is 12.8. The van der Waals surface area contributed by atoms with Gasteiger partial charge in [-0.05, 0) is 42.9 Å². The van der Waals surface area contributed by atoms with Gasteiger partial charge in [-0.1, -0.05) is 6.92 Å². The lowest BCUT2D eigenvalue weighted by Gasteiger charge is -2.35. The Hall–Kier alpha value is -2.66. The third-order valence-corrected chi connectivity index (χ3v) is 7.46. The minimum atomic E-state index is -4.41. The van der Waals surface area contributed by atoms with Crippen molar-refractivity contribution in [3.05, 3.63) is 39.9 Å². The normalized spacial score (nSPS) is 19.0. The Bertz CT molecular complexity index is 1050. The van der Waals surface area contributed by atoms with E-state index >= 15 is 0 Å². The van der Waals surface area contributed by atoms with E-state index in [2.05, 4.69) is 17.2 Å². The molecule has 2 aromatic rings. The second-order valence-corrected chi connectivity index (χ2v) is 9.87. The number of nitrogens with one attached hydrogen (secondary N) is 1. The van der Waals surface area contributed by atoms with Gasteiger partial charge in [-0.25, -0.2) is 9.78 Å². The molecule has 1 unspecified atom stereocenters. The lowest BCUT2D eigenvalue weighted by Crippen LogP contribution is -2.49. The fraction of sp³-hybridized carbons (Fsp3) is 0.522. The van der Waals surface area contributed by atoms with Crippen molar-refractivity contribution in [2.75, 3.05) is 50.1 Å². The Morgan fingerprint density at radius 3 is 2.59 bits per heavy atom. The Kier molecular flexibility index (Phi) is 7.13. The summed E-state index contributed by atoms with van der Waals surface area (Å²) in [6, 6.07) is 2.40. The Morgan fingerprint density at radius 1 is 1.24 bits per heavy atom. The zero-order chi connectivity index (χ0) is 24.5. The zero-order valence-corrected chi connectivity index (χ0v) is 19.9. The number of hydrogen-bond donors (Lipinski definition) is 1. The number of hydrogen-bond acceptors (Lipinski definition) is 7. The monoisotopic (exact) mass is 496 g/mol. The van der Waals surface area contributed by atoms with Crippen LogP contribution in [0.5, 0.6) is 0 Å². The number of rotatable bonds is 5. The summed E-state index contributed by atoms with van der Waals surface area (Å²) in [4.78, 5) is 34.1. The van der Waals surface area contributed by atoms with E-state index < -0.39 is 17.7 Å². The SMILES string of the molecule is COC(=O)c1c(NC(=O)CN2CCN(c3ccc(C(F)(F)F)cn3)CC2)sc2c1CCC(C)C2. The second-order valence-electron chi connectivity index (χ2n) is 8.76. The van der Waals surface area contributed by atoms with Gasteiger partial charge in [-0.15, -0.1) is 11.3 Å². The van der Waals surface area contributed by atoms with E-state index in [1.54, 1.807) is 0 Å². The number of pyridine rings is 1. The minimum Gasteiger partial charge on any atom is -0.465 e. The highest BCUT2D eigenvalue weighted by atomic mass is 32.1. The predicted molar refractivity (Wildman–Crippen MR) is 123 cm³/mol. The number of esters is 1. The lowest BCUT2D eigenvalue weighted by molar-refractivity contribution is -0.137. The second kappa shape index (κ2) is 9.91. The molecule has 3 heterocycles. The third-order valence-electron chi connectivity index (χ3n) is 6.29. The van der Waals surface area contributed by atoms with Crippen molar-refractivity contribution in [1.82, 2.24) is 9.88 Å². The van der Waals surface area contributed by atoms with Crippen LogP contribution in [0.15, 0.2) is 18.3 Å². The molecule has 1 aliphatic heterocycles. The van der Waals surface area contributed by atoms with Gasteiger partial charge in [0.2, 0.25) is 5.91 Å². The van der Waals surface area contributed by atoms with Crippen LogP contribution < -0.4 is 10.2 Å². The molecule has 0 aromatic carbocycles. The summed E-state index contributed by atoms with van der Waals surface area (Å²) in [6.45, 7) is 4.57. The van der Waals surface area contributed by atoms with Crippen molar-refractivity contribution in [3.63, 3.8) is 0 Å². The number of thiophene rings is 1. The Balaban J connectivity index is 1.35. The van der Waals surface area contributed by atoms with Gasteiger partial charge in [0, 0.05) is 37.3 Å². The number of methoxy groups -OCH3 is 1. The number of anilines is 2. The highest BCUT2D eigenvalue weighted by molar-refractivity contribution is 7.17. The average Bonchev–Trinajstić information content (AvgIpc) is 3.15. The fourth-order valence-corrected chi connectivity index (χ4v) is 5.82. The molecule has 2 aromatic heterocycles. The third kappa shape index (κ3) is 5.35. The number of carbonyl (C=O) groups excluding carboxylic acids is 2. The molecule has 11 heteroatoms. The molecular weight excluding hydrogens is 469 g/mol. The van der Waals surface area contributed by atoms with Crippen LogP contribution in [-0.2, 0) is 28.5 Å². The molecule has 1 N–H and O–H groups in total. The molecule has 1 fully saturated rings. The van der Waals surface area contributed by atoms with Gasteiger partial charge >= 0.3 is 12.1 Å². The first-order valence-electron chi connectivity index (χ1n) is 11.2. The zero-order valence-electron chi connectivity index (χ0n) is 19.1. The van der Waals surface area contributed by atoms with E-state index in [1.165, 1.54) is 24.5 Å². The first kappa shape index (κ1) is 24.5. The van der Waals surface area contributed by atoms with Gasteiger partial charge in [-0.3, -0.25) is 9.69 Å². The van der Waals surface area contributed by atoms with Crippen LogP contribution in [0.3, 0.4) is 0 Å². The molecule has 4 rings (SSSR count). The molecular formula is C23H27F3N4O3S. The molecule has 184 valence electrons.